The number of rotatable bonds is 3. The van der Waals surface area contributed by atoms with Crippen LogP contribution in [0.25, 0.3) is 0 Å². The molecular formula is C15H10ClNO2. The van der Waals surface area contributed by atoms with E-state index in [9.17, 15) is 4.79 Å². The first-order chi connectivity index (χ1) is 9.19. The first kappa shape index (κ1) is 13.1. The highest BCUT2D eigenvalue weighted by molar-refractivity contribution is 6.30. The highest BCUT2D eigenvalue weighted by Gasteiger charge is 2.07. The molecule has 0 amide bonds. The summed E-state index contributed by atoms with van der Waals surface area (Å²) in [5.74, 6) is -0.452. The summed E-state index contributed by atoms with van der Waals surface area (Å²) >= 11 is 5.77. The van der Waals surface area contributed by atoms with Gasteiger partial charge in [0.15, 0.2) is 0 Å². The molecule has 0 bridgehead atoms. The third-order valence-electron chi connectivity index (χ3n) is 2.51. The van der Waals surface area contributed by atoms with Gasteiger partial charge < -0.3 is 4.74 Å². The number of halogens is 1. The Morgan fingerprint density at radius 1 is 1.21 bits per heavy atom. The number of benzene rings is 2. The van der Waals surface area contributed by atoms with Crippen LogP contribution in [0.2, 0.25) is 5.02 Å². The van der Waals surface area contributed by atoms with Crippen LogP contribution < -0.4 is 0 Å². The van der Waals surface area contributed by atoms with Gasteiger partial charge in [-0.2, -0.15) is 5.26 Å². The molecule has 3 nitrogen and oxygen atoms in total. The summed E-state index contributed by atoms with van der Waals surface area (Å²) in [7, 11) is 0. The van der Waals surface area contributed by atoms with E-state index in [-0.39, 0.29) is 6.61 Å². The van der Waals surface area contributed by atoms with E-state index in [1.807, 2.05) is 6.07 Å². The maximum absolute atomic E-state index is 11.8. The summed E-state index contributed by atoms with van der Waals surface area (Å²) in [6, 6.07) is 15.4. The fourth-order valence-corrected chi connectivity index (χ4v) is 1.65. The van der Waals surface area contributed by atoms with E-state index >= 15 is 0 Å². The van der Waals surface area contributed by atoms with Gasteiger partial charge in [-0.25, -0.2) is 4.79 Å². The highest BCUT2D eigenvalue weighted by Crippen LogP contribution is 2.12. The molecule has 0 spiro atoms. The summed E-state index contributed by atoms with van der Waals surface area (Å²) in [5, 5.41) is 9.40. The summed E-state index contributed by atoms with van der Waals surface area (Å²) in [6.45, 7) is 0.173. The van der Waals surface area contributed by atoms with Gasteiger partial charge in [0.1, 0.15) is 6.61 Å². The van der Waals surface area contributed by atoms with Gasteiger partial charge in [0, 0.05) is 5.02 Å². The molecule has 2 aromatic rings. The quantitative estimate of drug-likeness (QED) is 0.802. The molecule has 2 aromatic carbocycles. The molecule has 0 aliphatic heterocycles. The van der Waals surface area contributed by atoms with E-state index in [0.717, 1.165) is 5.56 Å². The van der Waals surface area contributed by atoms with E-state index in [4.69, 9.17) is 21.6 Å². The first-order valence-corrected chi connectivity index (χ1v) is 5.98. The van der Waals surface area contributed by atoms with Crippen molar-refractivity contribution < 1.29 is 9.53 Å². The van der Waals surface area contributed by atoms with E-state index in [0.29, 0.717) is 16.1 Å². The lowest BCUT2D eigenvalue weighted by Gasteiger charge is -2.05. The molecule has 0 unspecified atom stereocenters. The van der Waals surface area contributed by atoms with Crippen LogP contribution in [-0.4, -0.2) is 5.97 Å². The molecule has 0 saturated carbocycles. The number of hydrogen-bond acceptors (Lipinski definition) is 3. The molecule has 4 heteroatoms. The van der Waals surface area contributed by atoms with Gasteiger partial charge >= 0.3 is 5.97 Å². The largest absolute Gasteiger partial charge is 0.457 e. The van der Waals surface area contributed by atoms with Crippen molar-refractivity contribution in [2.24, 2.45) is 0 Å². The number of ether oxygens (including phenoxy) is 1. The Hall–Kier alpha value is -2.31. The van der Waals surface area contributed by atoms with Crippen molar-refractivity contribution in [2.75, 3.05) is 0 Å². The van der Waals surface area contributed by atoms with E-state index in [1.165, 1.54) is 6.07 Å². The first-order valence-electron chi connectivity index (χ1n) is 5.61. The SMILES string of the molecule is N#Cc1cccc(C(=O)OCc2ccc(Cl)cc2)c1. The molecule has 0 saturated heterocycles. The van der Waals surface area contributed by atoms with Crippen molar-refractivity contribution in [3.63, 3.8) is 0 Å². The van der Waals surface area contributed by atoms with Crippen molar-refractivity contribution in [1.82, 2.24) is 0 Å². The lowest BCUT2D eigenvalue weighted by Crippen LogP contribution is -2.05. The molecule has 0 heterocycles. The minimum atomic E-state index is -0.452. The second-order valence-corrected chi connectivity index (χ2v) is 4.33. The van der Waals surface area contributed by atoms with Crippen LogP contribution in [0.1, 0.15) is 21.5 Å². The van der Waals surface area contributed by atoms with Crippen molar-refractivity contribution in [3.8, 4) is 6.07 Å². The fraction of sp³-hybridized carbons (Fsp3) is 0.0667. The Morgan fingerprint density at radius 3 is 2.63 bits per heavy atom. The van der Waals surface area contributed by atoms with Crippen molar-refractivity contribution in [3.05, 3.63) is 70.2 Å². The molecule has 0 aromatic heterocycles. The second kappa shape index (κ2) is 6.03. The van der Waals surface area contributed by atoms with E-state index in [2.05, 4.69) is 0 Å². The Balaban J connectivity index is 2.01. The zero-order chi connectivity index (χ0) is 13.7. The molecule has 0 N–H and O–H groups in total. The van der Waals surface area contributed by atoms with Gasteiger partial charge in [-0.15, -0.1) is 0 Å². The molecule has 0 aliphatic carbocycles. The summed E-state index contributed by atoms with van der Waals surface area (Å²) in [5.41, 5.74) is 1.66. The van der Waals surface area contributed by atoms with Gasteiger partial charge in [0.25, 0.3) is 0 Å². The van der Waals surface area contributed by atoms with Crippen molar-refractivity contribution >= 4 is 17.6 Å². The van der Waals surface area contributed by atoms with Gasteiger partial charge in [0.2, 0.25) is 0 Å². The van der Waals surface area contributed by atoms with Crippen LogP contribution in [0.4, 0.5) is 0 Å². The standard InChI is InChI=1S/C15H10ClNO2/c16-14-6-4-11(5-7-14)10-19-15(18)13-3-1-2-12(8-13)9-17/h1-8H,10H2. The number of hydrogen-bond donors (Lipinski definition) is 0. The Labute approximate surface area is 116 Å². The van der Waals surface area contributed by atoms with Crippen LogP contribution in [0.5, 0.6) is 0 Å². The number of nitriles is 1. The van der Waals surface area contributed by atoms with E-state index < -0.39 is 5.97 Å². The summed E-state index contributed by atoms with van der Waals surface area (Å²) < 4.78 is 5.16. The Morgan fingerprint density at radius 2 is 1.95 bits per heavy atom. The average molecular weight is 272 g/mol. The lowest BCUT2D eigenvalue weighted by atomic mass is 10.1. The van der Waals surface area contributed by atoms with Crippen LogP contribution >= 0.6 is 11.6 Å². The molecule has 0 radical (unpaired) electrons. The predicted molar refractivity (Wildman–Crippen MR) is 71.7 cm³/mol. The minimum Gasteiger partial charge on any atom is -0.457 e. The number of carbonyl (C=O) groups excluding carboxylic acids is 1. The third kappa shape index (κ3) is 3.57. The Bertz CT molecular complexity index is 629. The van der Waals surface area contributed by atoms with Gasteiger partial charge in [0.05, 0.1) is 17.2 Å². The van der Waals surface area contributed by atoms with E-state index in [1.54, 1.807) is 42.5 Å². The molecule has 0 atom stereocenters. The van der Waals surface area contributed by atoms with Crippen LogP contribution in [0, 0.1) is 11.3 Å². The highest BCUT2D eigenvalue weighted by atomic mass is 35.5. The van der Waals surface area contributed by atoms with Crippen molar-refractivity contribution in [2.45, 2.75) is 6.61 Å². The van der Waals surface area contributed by atoms with Gasteiger partial charge in [-0.05, 0) is 35.9 Å². The summed E-state index contributed by atoms with van der Waals surface area (Å²) in [4.78, 5) is 11.8. The second-order valence-electron chi connectivity index (χ2n) is 3.90. The maximum Gasteiger partial charge on any atom is 0.338 e. The summed E-state index contributed by atoms with van der Waals surface area (Å²) in [6.07, 6.45) is 0. The molecule has 2 rings (SSSR count). The zero-order valence-electron chi connectivity index (χ0n) is 9.97. The predicted octanol–water partition coefficient (Wildman–Crippen LogP) is 3.57. The fourth-order valence-electron chi connectivity index (χ4n) is 1.53. The van der Waals surface area contributed by atoms with Crippen LogP contribution in [0.15, 0.2) is 48.5 Å². The average Bonchev–Trinajstić information content (AvgIpc) is 2.46. The van der Waals surface area contributed by atoms with Crippen molar-refractivity contribution in [1.29, 1.82) is 5.26 Å². The Kier molecular flexibility index (Phi) is 4.17. The number of carbonyl (C=O) groups is 1. The lowest BCUT2D eigenvalue weighted by molar-refractivity contribution is 0.0472. The topological polar surface area (TPSA) is 50.1 Å². The van der Waals surface area contributed by atoms with Crippen LogP contribution in [0.3, 0.4) is 0 Å². The smallest absolute Gasteiger partial charge is 0.338 e. The zero-order valence-corrected chi connectivity index (χ0v) is 10.7. The molecule has 19 heavy (non-hydrogen) atoms. The number of nitrogens with zero attached hydrogens (tertiary/aromatic N) is 1. The molecule has 0 fully saturated rings. The third-order valence-corrected chi connectivity index (χ3v) is 2.76. The molecule has 0 aliphatic rings. The normalized spacial score (nSPS) is 9.68. The monoisotopic (exact) mass is 271 g/mol. The molecule has 94 valence electrons. The van der Waals surface area contributed by atoms with Gasteiger partial charge in [-0.3, -0.25) is 0 Å². The van der Waals surface area contributed by atoms with Crippen LogP contribution in [-0.2, 0) is 11.3 Å². The molecular weight excluding hydrogens is 262 g/mol. The maximum atomic E-state index is 11.8. The van der Waals surface area contributed by atoms with Gasteiger partial charge in [-0.1, -0.05) is 29.8 Å². The minimum absolute atomic E-state index is 0.173. The number of esters is 1.